The summed E-state index contributed by atoms with van der Waals surface area (Å²) < 4.78 is 6.01. The first-order valence-electron chi connectivity index (χ1n) is 4.71. The van der Waals surface area contributed by atoms with E-state index in [-0.39, 0.29) is 0 Å². The second-order valence-corrected chi connectivity index (χ2v) is 3.96. The van der Waals surface area contributed by atoms with Crippen molar-refractivity contribution in [1.29, 1.82) is 0 Å². The Morgan fingerprint density at radius 1 is 1.50 bits per heavy atom. The van der Waals surface area contributed by atoms with E-state index >= 15 is 0 Å². The van der Waals surface area contributed by atoms with Gasteiger partial charge in [0.05, 0.1) is 17.7 Å². The van der Waals surface area contributed by atoms with E-state index in [1.54, 1.807) is 7.11 Å². The van der Waals surface area contributed by atoms with Gasteiger partial charge >= 0.3 is 0 Å². The molecule has 0 aliphatic carbocycles. The van der Waals surface area contributed by atoms with Crippen LogP contribution in [-0.4, -0.2) is 12.2 Å². The largest absolute Gasteiger partial charge is 0.496 e. The van der Waals surface area contributed by atoms with Crippen molar-refractivity contribution in [2.45, 2.75) is 25.9 Å². The van der Waals surface area contributed by atoms with Crippen molar-refractivity contribution >= 4 is 15.9 Å². The normalized spacial score (nSPS) is 12.6. The maximum Gasteiger partial charge on any atom is 0.133 e. The van der Waals surface area contributed by atoms with Crippen LogP contribution in [0.15, 0.2) is 22.7 Å². The number of benzene rings is 1. The zero-order valence-electron chi connectivity index (χ0n) is 8.46. The first kappa shape index (κ1) is 11.5. The fourth-order valence-electron chi connectivity index (χ4n) is 1.37. The Kier molecular flexibility index (Phi) is 4.42. The number of hydrogen-bond donors (Lipinski definition) is 1. The number of methoxy groups -OCH3 is 1. The van der Waals surface area contributed by atoms with Gasteiger partial charge in [0.1, 0.15) is 5.75 Å². The van der Waals surface area contributed by atoms with E-state index in [0.29, 0.717) is 0 Å². The molecule has 0 heterocycles. The van der Waals surface area contributed by atoms with Gasteiger partial charge < -0.3 is 9.84 Å². The standard InChI is InChI=1S/C11H15BrO2/c1-3-5-9(13)8-6-4-7-10(14-2)11(8)12/h4,6-7,9,13H,3,5H2,1-2H3. The summed E-state index contributed by atoms with van der Waals surface area (Å²) in [5.74, 6) is 0.762. The molecule has 1 rings (SSSR count). The van der Waals surface area contributed by atoms with E-state index < -0.39 is 6.10 Å². The van der Waals surface area contributed by atoms with E-state index in [1.807, 2.05) is 18.2 Å². The Hall–Kier alpha value is -0.540. The summed E-state index contributed by atoms with van der Waals surface area (Å²) >= 11 is 3.43. The van der Waals surface area contributed by atoms with E-state index in [9.17, 15) is 5.11 Å². The highest BCUT2D eigenvalue weighted by atomic mass is 79.9. The van der Waals surface area contributed by atoms with E-state index in [2.05, 4.69) is 22.9 Å². The number of hydrogen-bond acceptors (Lipinski definition) is 2. The molecule has 14 heavy (non-hydrogen) atoms. The molecule has 0 amide bonds. The molecular weight excluding hydrogens is 244 g/mol. The lowest BCUT2D eigenvalue weighted by atomic mass is 10.1. The van der Waals surface area contributed by atoms with E-state index in [0.717, 1.165) is 28.6 Å². The Labute approximate surface area is 93.0 Å². The van der Waals surface area contributed by atoms with Crippen LogP contribution in [0.1, 0.15) is 31.4 Å². The van der Waals surface area contributed by atoms with Crippen molar-refractivity contribution in [1.82, 2.24) is 0 Å². The number of ether oxygens (including phenoxy) is 1. The average molecular weight is 259 g/mol. The van der Waals surface area contributed by atoms with Crippen molar-refractivity contribution in [2.75, 3.05) is 7.11 Å². The van der Waals surface area contributed by atoms with Crippen LogP contribution in [0.25, 0.3) is 0 Å². The molecule has 3 heteroatoms. The van der Waals surface area contributed by atoms with E-state index in [1.165, 1.54) is 0 Å². The molecule has 1 aromatic carbocycles. The fraction of sp³-hybridized carbons (Fsp3) is 0.455. The third-order valence-electron chi connectivity index (χ3n) is 2.13. The lowest BCUT2D eigenvalue weighted by Crippen LogP contribution is -1.99. The molecule has 2 nitrogen and oxygen atoms in total. The fourth-order valence-corrected chi connectivity index (χ4v) is 2.06. The van der Waals surface area contributed by atoms with Gasteiger partial charge in [-0.2, -0.15) is 0 Å². The Morgan fingerprint density at radius 3 is 2.79 bits per heavy atom. The Morgan fingerprint density at radius 2 is 2.21 bits per heavy atom. The molecule has 0 aliphatic rings. The van der Waals surface area contributed by atoms with Crippen molar-refractivity contribution in [3.63, 3.8) is 0 Å². The SMILES string of the molecule is CCCC(O)c1cccc(OC)c1Br. The van der Waals surface area contributed by atoms with Crippen LogP contribution in [-0.2, 0) is 0 Å². The van der Waals surface area contributed by atoms with Gasteiger partial charge in [0.25, 0.3) is 0 Å². The molecule has 1 aromatic rings. The molecular formula is C11H15BrO2. The summed E-state index contributed by atoms with van der Waals surface area (Å²) in [6.45, 7) is 2.05. The topological polar surface area (TPSA) is 29.5 Å². The Bertz CT molecular complexity index is 299. The van der Waals surface area contributed by atoms with E-state index in [4.69, 9.17) is 4.74 Å². The lowest BCUT2D eigenvalue weighted by Gasteiger charge is -2.13. The highest BCUT2D eigenvalue weighted by Crippen LogP contribution is 2.33. The highest BCUT2D eigenvalue weighted by molar-refractivity contribution is 9.10. The highest BCUT2D eigenvalue weighted by Gasteiger charge is 2.12. The molecule has 1 N–H and O–H groups in total. The summed E-state index contributed by atoms with van der Waals surface area (Å²) in [6, 6.07) is 5.66. The van der Waals surface area contributed by atoms with Crippen molar-refractivity contribution in [2.24, 2.45) is 0 Å². The molecule has 0 saturated carbocycles. The zero-order chi connectivity index (χ0) is 10.6. The first-order chi connectivity index (χ1) is 6.70. The lowest BCUT2D eigenvalue weighted by molar-refractivity contribution is 0.165. The molecule has 0 spiro atoms. The number of aliphatic hydroxyl groups excluding tert-OH is 1. The van der Waals surface area contributed by atoms with Gasteiger partial charge in [-0.05, 0) is 34.0 Å². The molecule has 0 aliphatic heterocycles. The second-order valence-electron chi connectivity index (χ2n) is 3.17. The molecule has 0 saturated heterocycles. The molecule has 0 fully saturated rings. The maximum absolute atomic E-state index is 9.84. The average Bonchev–Trinajstić information content (AvgIpc) is 2.18. The number of aliphatic hydroxyl groups is 1. The summed E-state index contributed by atoms with van der Waals surface area (Å²) in [5.41, 5.74) is 0.895. The monoisotopic (exact) mass is 258 g/mol. The van der Waals surface area contributed by atoms with Crippen molar-refractivity contribution < 1.29 is 9.84 Å². The molecule has 0 aromatic heterocycles. The predicted octanol–water partition coefficient (Wildman–Crippen LogP) is 3.29. The second kappa shape index (κ2) is 5.37. The predicted molar refractivity (Wildman–Crippen MR) is 60.6 cm³/mol. The molecule has 0 radical (unpaired) electrons. The quantitative estimate of drug-likeness (QED) is 0.899. The number of rotatable bonds is 4. The van der Waals surface area contributed by atoms with Crippen LogP contribution in [0.5, 0.6) is 5.75 Å². The molecule has 78 valence electrons. The smallest absolute Gasteiger partial charge is 0.133 e. The summed E-state index contributed by atoms with van der Waals surface area (Å²) in [4.78, 5) is 0. The van der Waals surface area contributed by atoms with Gasteiger partial charge in [0.2, 0.25) is 0 Å². The van der Waals surface area contributed by atoms with Crippen LogP contribution in [0, 0.1) is 0 Å². The molecule has 1 atom stereocenters. The van der Waals surface area contributed by atoms with Crippen LogP contribution in [0.3, 0.4) is 0 Å². The minimum atomic E-state index is -0.413. The number of halogens is 1. The van der Waals surface area contributed by atoms with Crippen molar-refractivity contribution in [3.05, 3.63) is 28.2 Å². The van der Waals surface area contributed by atoms with Gasteiger partial charge in [0, 0.05) is 0 Å². The van der Waals surface area contributed by atoms with Crippen molar-refractivity contribution in [3.8, 4) is 5.75 Å². The molecule has 1 unspecified atom stereocenters. The molecule has 0 bridgehead atoms. The third-order valence-corrected chi connectivity index (χ3v) is 2.98. The van der Waals surface area contributed by atoms with Gasteiger partial charge in [-0.1, -0.05) is 25.5 Å². The van der Waals surface area contributed by atoms with Crippen LogP contribution in [0.2, 0.25) is 0 Å². The minimum absolute atomic E-state index is 0.413. The van der Waals surface area contributed by atoms with Gasteiger partial charge in [-0.3, -0.25) is 0 Å². The van der Waals surface area contributed by atoms with Crippen LogP contribution >= 0.6 is 15.9 Å². The maximum atomic E-state index is 9.84. The first-order valence-corrected chi connectivity index (χ1v) is 5.50. The third kappa shape index (κ3) is 2.49. The van der Waals surface area contributed by atoms with Gasteiger partial charge in [-0.15, -0.1) is 0 Å². The summed E-state index contributed by atoms with van der Waals surface area (Å²) in [6.07, 6.45) is 1.32. The minimum Gasteiger partial charge on any atom is -0.496 e. The zero-order valence-corrected chi connectivity index (χ0v) is 10.0. The van der Waals surface area contributed by atoms with Gasteiger partial charge in [-0.25, -0.2) is 0 Å². The summed E-state index contributed by atoms with van der Waals surface area (Å²) in [5, 5.41) is 9.84. The summed E-state index contributed by atoms with van der Waals surface area (Å²) in [7, 11) is 1.62. The van der Waals surface area contributed by atoms with Crippen LogP contribution in [0.4, 0.5) is 0 Å². The Balaban J connectivity index is 2.96. The van der Waals surface area contributed by atoms with Gasteiger partial charge in [0.15, 0.2) is 0 Å². The van der Waals surface area contributed by atoms with Crippen LogP contribution < -0.4 is 4.74 Å².